The summed E-state index contributed by atoms with van der Waals surface area (Å²) in [6.45, 7) is 6.92. The van der Waals surface area contributed by atoms with E-state index >= 15 is 0 Å². The minimum Gasteiger partial charge on any atom is -0.314 e. The second-order valence-corrected chi connectivity index (χ2v) is 23.4. The standard InChI is InChI=1S/C82H61N5/c1-4-63-79(85-73-37-20-17-34-65(73)69-48-59(40-45-76(69)85)55-26-9-5-10-27-55)72(52-83)81(87-75-39-22-19-36-67(75)71-50-61(42-47-78(71)87)57-30-13-7-14-31-57)82(84-54(3)25-23-24-53(2)68-51-62(84)43-44-64(68)58-32-15-8-16-33-58)80(63)86-74-38-21-18-35-66(74)70-49-60(41-46-77(70)86)56-28-11-6-12-29-56/h5-50,53,68H,4,51H2,1-3H3/b24-23-,54-25?/t53-,68?/m1/s1. The maximum absolute atomic E-state index is 12.9. The van der Waals surface area contributed by atoms with E-state index in [0.717, 1.165) is 139 Å². The summed E-state index contributed by atoms with van der Waals surface area (Å²) in [5.74, 6) is 0.377. The molecule has 414 valence electrons. The van der Waals surface area contributed by atoms with Crippen molar-refractivity contribution >= 4 is 76.7 Å². The molecular weight excluding hydrogens is 1050 g/mol. The Morgan fingerprint density at radius 2 is 0.805 bits per heavy atom. The van der Waals surface area contributed by atoms with Gasteiger partial charge in [0, 0.05) is 49.3 Å². The minimum absolute atomic E-state index is 0.158. The van der Waals surface area contributed by atoms with Crippen molar-refractivity contribution < 1.29 is 0 Å². The van der Waals surface area contributed by atoms with E-state index in [1.165, 1.54) is 16.7 Å². The van der Waals surface area contributed by atoms with Crippen LogP contribution in [0.1, 0.15) is 43.9 Å². The Morgan fingerprint density at radius 1 is 0.402 bits per heavy atom. The van der Waals surface area contributed by atoms with Crippen LogP contribution in [0.2, 0.25) is 0 Å². The highest BCUT2D eigenvalue weighted by molar-refractivity contribution is 6.16. The predicted molar refractivity (Wildman–Crippen MR) is 365 cm³/mol. The molecule has 5 heteroatoms. The molecule has 3 aromatic heterocycles. The number of rotatable bonds is 9. The number of fused-ring (bicyclic) bond motifs is 11. The maximum Gasteiger partial charge on any atom is 0.104 e. The molecule has 2 bridgehead atoms. The fraction of sp³-hybridized carbons (Fsp3) is 0.0854. The normalized spacial score (nSPS) is 15.6. The van der Waals surface area contributed by atoms with Crippen molar-refractivity contribution in [3.63, 3.8) is 0 Å². The highest BCUT2D eigenvalue weighted by Crippen LogP contribution is 2.53. The average Bonchev–Trinajstić information content (AvgIpc) is 1.68. The smallest absolute Gasteiger partial charge is 0.104 e. The van der Waals surface area contributed by atoms with E-state index in [1.807, 2.05) is 0 Å². The summed E-state index contributed by atoms with van der Waals surface area (Å²) in [5, 5.41) is 19.7. The SMILES string of the molecule is CCc1c(-n2c3ccccc3c3cc(-c4ccccc4)ccc32)c(C#N)c(-n2c3ccccc3c3cc(-c4ccccc4)ccc32)c(N2C(C)=C/C=C\[C@@H](C)C3CC2=CC=C3c2ccccc2)c1-n1c2ccccc2c2cc(-c3ccccc3)ccc21. The van der Waals surface area contributed by atoms with Crippen molar-refractivity contribution in [1.82, 2.24) is 13.7 Å². The van der Waals surface area contributed by atoms with Crippen LogP contribution in [-0.2, 0) is 6.42 Å². The van der Waals surface area contributed by atoms with Gasteiger partial charge < -0.3 is 18.6 Å². The molecule has 1 aliphatic heterocycles. The fourth-order valence-electron chi connectivity index (χ4n) is 14.6. The summed E-state index contributed by atoms with van der Waals surface area (Å²) in [5.41, 5.74) is 23.2. The minimum atomic E-state index is 0.158. The number of hydrogen-bond acceptors (Lipinski definition) is 2. The molecule has 0 saturated carbocycles. The molecule has 4 heterocycles. The van der Waals surface area contributed by atoms with Crippen LogP contribution in [0.3, 0.4) is 0 Å². The van der Waals surface area contributed by atoms with Crippen molar-refractivity contribution in [2.24, 2.45) is 11.8 Å². The first-order valence-corrected chi connectivity index (χ1v) is 30.5. The summed E-state index contributed by atoms with van der Waals surface area (Å²) in [6.07, 6.45) is 13.1. The lowest BCUT2D eigenvalue weighted by atomic mass is 9.77. The van der Waals surface area contributed by atoms with E-state index in [9.17, 15) is 5.26 Å². The van der Waals surface area contributed by atoms with Gasteiger partial charge in [-0.3, -0.25) is 0 Å². The molecule has 0 fully saturated rings. The number of nitriles is 1. The fourth-order valence-corrected chi connectivity index (χ4v) is 14.6. The van der Waals surface area contributed by atoms with Gasteiger partial charge in [0.15, 0.2) is 0 Å². The molecular formula is C82H61N5. The van der Waals surface area contributed by atoms with Crippen LogP contribution in [0.5, 0.6) is 0 Å². The summed E-state index contributed by atoms with van der Waals surface area (Å²) in [7, 11) is 0. The Bertz CT molecular complexity index is 5250. The number of para-hydroxylation sites is 3. The first-order valence-electron chi connectivity index (χ1n) is 30.5. The number of hydrogen-bond donors (Lipinski definition) is 0. The molecule has 0 amide bonds. The van der Waals surface area contributed by atoms with Gasteiger partial charge >= 0.3 is 0 Å². The van der Waals surface area contributed by atoms with Gasteiger partial charge in [0.2, 0.25) is 0 Å². The van der Waals surface area contributed by atoms with Gasteiger partial charge in [0.1, 0.15) is 11.6 Å². The van der Waals surface area contributed by atoms with Gasteiger partial charge in [0.25, 0.3) is 0 Å². The summed E-state index contributed by atoms with van der Waals surface area (Å²) >= 11 is 0. The van der Waals surface area contributed by atoms with E-state index in [-0.39, 0.29) is 11.8 Å². The van der Waals surface area contributed by atoms with E-state index in [0.29, 0.717) is 12.0 Å². The molecule has 0 N–H and O–H groups in total. The average molecular weight is 1120 g/mol. The van der Waals surface area contributed by atoms with Crippen molar-refractivity contribution in [2.75, 3.05) is 4.90 Å². The van der Waals surface area contributed by atoms with E-state index in [1.54, 1.807) is 0 Å². The molecule has 16 rings (SSSR count). The maximum atomic E-state index is 12.9. The van der Waals surface area contributed by atoms with Crippen LogP contribution in [-0.4, -0.2) is 13.7 Å². The first-order chi connectivity index (χ1) is 42.9. The van der Waals surface area contributed by atoms with Crippen LogP contribution < -0.4 is 4.90 Å². The van der Waals surface area contributed by atoms with Crippen LogP contribution in [0, 0.1) is 23.2 Å². The van der Waals surface area contributed by atoms with Crippen molar-refractivity contribution in [3.8, 4) is 56.5 Å². The third-order valence-corrected chi connectivity index (χ3v) is 18.6. The predicted octanol–water partition coefficient (Wildman–Crippen LogP) is 21.3. The second-order valence-electron chi connectivity index (χ2n) is 23.4. The van der Waals surface area contributed by atoms with Gasteiger partial charge in [-0.05, 0) is 143 Å². The highest BCUT2D eigenvalue weighted by atomic mass is 15.2. The van der Waals surface area contributed by atoms with Crippen molar-refractivity contribution in [3.05, 3.63) is 307 Å². The Kier molecular flexibility index (Phi) is 12.5. The molecule has 14 aromatic rings. The molecule has 1 aliphatic carbocycles. The number of aromatic nitrogens is 3. The van der Waals surface area contributed by atoms with Gasteiger partial charge in [-0.2, -0.15) is 5.26 Å². The molecule has 87 heavy (non-hydrogen) atoms. The summed E-state index contributed by atoms with van der Waals surface area (Å²) in [6, 6.07) is 93.5. The number of benzene rings is 11. The summed E-state index contributed by atoms with van der Waals surface area (Å²) < 4.78 is 7.45. The van der Waals surface area contributed by atoms with Gasteiger partial charge in [-0.15, -0.1) is 0 Å². The third-order valence-electron chi connectivity index (χ3n) is 18.6. The van der Waals surface area contributed by atoms with Crippen molar-refractivity contribution in [1.29, 1.82) is 5.26 Å². The molecule has 0 saturated heterocycles. The molecule has 5 nitrogen and oxygen atoms in total. The summed E-state index contributed by atoms with van der Waals surface area (Å²) in [4.78, 5) is 2.55. The Balaban J connectivity index is 1.13. The third kappa shape index (κ3) is 8.28. The number of allylic oxidation sites excluding steroid dienone is 8. The zero-order chi connectivity index (χ0) is 58.3. The lowest BCUT2D eigenvalue weighted by Crippen LogP contribution is -2.29. The zero-order valence-corrected chi connectivity index (χ0v) is 48.9. The molecule has 2 aliphatic rings. The Morgan fingerprint density at radius 3 is 1.25 bits per heavy atom. The van der Waals surface area contributed by atoms with E-state index in [4.69, 9.17) is 0 Å². The molecule has 0 radical (unpaired) electrons. The molecule has 1 unspecified atom stereocenters. The van der Waals surface area contributed by atoms with Crippen LogP contribution >= 0.6 is 0 Å². The van der Waals surface area contributed by atoms with Crippen LogP contribution in [0.15, 0.2) is 290 Å². The van der Waals surface area contributed by atoms with Gasteiger partial charge in [0.05, 0.1) is 55.8 Å². The van der Waals surface area contributed by atoms with Gasteiger partial charge in [-0.1, -0.05) is 226 Å². The second kappa shape index (κ2) is 21.0. The largest absolute Gasteiger partial charge is 0.314 e. The van der Waals surface area contributed by atoms with Crippen molar-refractivity contribution in [2.45, 2.75) is 33.6 Å². The molecule has 0 spiro atoms. The monoisotopic (exact) mass is 1120 g/mol. The lowest BCUT2D eigenvalue weighted by molar-refractivity contribution is 0.515. The number of nitrogens with zero attached hydrogens (tertiary/aromatic N) is 5. The van der Waals surface area contributed by atoms with Crippen LogP contribution in [0.4, 0.5) is 5.69 Å². The zero-order valence-electron chi connectivity index (χ0n) is 48.9. The topological polar surface area (TPSA) is 41.8 Å². The highest BCUT2D eigenvalue weighted by Gasteiger charge is 2.37. The Hall–Kier alpha value is -10.9. The molecule has 11 aromatic carbocycles. The Labute approximate surface area is 506 Å². The first kappa shape index (κ1) is 51.7. The van der Waals surface area contributed by atoms with Crippen LogP contribution in [0.25, 0.3) is 121 Å². The quantitative estimate of drug-likeness (QED) is 0.145. The van der Waals surface area contributed by atoms with E-state index in [2.05, 4.69) is 325 Å². The lowest BCUT2D eigenvalue weighted by Gasteiger charge is -2.38. The van der Waals surface area contributed by atoms with E-state index < -0.39 is 0 Å². The number of anilines is 1. The molecule has 2 atom stereocenters. The van der Waals surface area contributed by atoms with Gasteiger partial charge in [-0.25, -0.2) is 0 Å².